The minimum Gasteiger partial charge on any atom is -0.481 e. The lowest BCUT2D eigenvalue weighted by atomic mass is 9.84. The van der Waals surface area contributed by atoms with E-state index in [0.717, 1.165) is 0 Å². The second-order valence-electron chi connectivity index (χ2n) is 5.74. The standard InChI is InChI=1S/C14H28N2O5/c1-14(2,5-4-12(18)19)6-7-15-13(20)16(8-10-17)9-11-21-3/h17H,4-11H2,1-3H3,(H,15,20)(H,18,19). The second kappa shape index (κ2) is 10.4. The van der Waals surface area contributed by atoms with Crippen molar-refractivity contribution in [3.05, 3.63) is 0 Å². The first-order chi connectivity index (χ1) is 9.82. The van der Waals surface area contributed by atoms with Gasteiger partial charge in [0.2, 0.25) is 0 Å². The van der Waals surface area contributed by atoms with Gasteiger partial charge in [-0.15, -0.1) is 0 Å². The van der Waals surface area contributed by atoms with Crippen molar-refractivity contribution in [3.8, 4) is 0 Å². The Morgan fingerprint density at radius 1 is 1.24 bits per heavy atom. The van der Waals surface area contributed by atoms with Gasteiger partial charge in [-0.2, -0.15) is 0 Å². The van der Waals surface area contributed by atoms with Gasteiger partial charge in [0.1, 0.15) is 0 Å². The lowest BCUT2D eigenvalue weighted by Crippen LogP contribution is -2.44. The number of aliphatic hydroxyl groups is 1. The highest BCUT2D eigenvalue weighted by atomic mass is 16.5. The predicted molar refractivity (Wildman–Crippen MR) is 79.2 cm³/mol. The number of rotatable bonds is 11. The summed E-state index contributed by atoms with van der Waals surface area (Å²) in [5, 5.41) is 20.4. The van der Waals surface area contributed by atoms with E-state index in [1.54, 1.807) is 7.11 Å². The summed E-state index contributed by atoms with van der Waals surface area (Å²) in [6, 6.07) is -0.241. The van der Waals surface area contributed by atoms with E-state index in [2.05, 4.69) is 5.32 Å². The van der Waals surface area contributed by atoms with E-state index in [0.29, 0.717) is 32.5 Å². The van der Waals surface area contributed by atoms with Gasteiger partial charge in [0.15, 0.2) is 0 Å². The molecule has 7 nitrogen and oxygen atoms in total. The number of carboxylic acids is 1. The van der Waals surface area contributed by atoms with Crippen LogP contribution >= 0.6 is 0 Å². The predicted octanol–water partition coefficient (Wildman–Crippen LogP) is 0.918. The van der Waals surface area contributed by atoms with E-state index in [9.17, 15) is 9.59 Å². The lowest BCUT2D eigenvalue weighted by Gasteiger charge is -2.26. The largest absolute Gasteiger partial charge is 0.481 e. The molecule has 7 heteroatoms. The van der Waals surface area contributed by atoms with Gasteiger partial charge in [-0.25, -0.2) is 4.79 Å². The van der Waals surface area contributed by atoms with Crippen molar-refractivity contribution in [1.29, 1.82) is 0 Å². The summed E-state index contributed by atoms with van der Waals surface area (Å²) in [6.07, 6.45) is 1.40. The van der Waals surface area contributed by atoms with Gasteiger partial charge in [0, 0.05) is 33.2 Å². The first-order valence-electron chi connectivity index (χ1n) is 7.17. The molecule has 0 bridgehead atoms. The maximum Gasteiger partial charge on any atom is 0.317 e. The van der Waals surface area contributed by atoms with E-state index in [-0.39, 0.29) is 31.0 Å². The third kappa shape index (κ3) is 10.1. The third-order valence-electron chi connectivity index (χ3n) is 3.32. The van der Waals surface area contributed by atoms with Crippen molar-refractivity contribution in [2.24, 2.45) is 5.41 Å². The smallest absolute Gasteiger partial charge is 0.317 e. The lowest BCUT2D eigenvalue weighted by molar-refractivity contribution is -0.137. The van der Waals surface area contributed by atoms with Gasteiger partial charge in [-0.3, -0.25) is 4.79 Å². The summed E-state index contributed by atoms with van der Waals surface area (Å²) >= 11 is 0. The number of aliphatic carboxylic acids is 1. The van der Waals surface area contributed by atoms with E-state index >= 15 is 0 Å². The Labute approximate surface area is 126 Å². The number of carbonyl (C=O) groups excluding carboxylic acids is 1. The zero-order chi connectivity index (χ0) is 16.3. The van der Waals surface area contributed by atoms with Crippen LogP contribution in [0.2, 0.25) is 0 Å². The maximum absolute atomic E-state index is 11.9. The number of aliphatic hydroxyl groups excluding tert-OH is 1. The molecule has 0 aliphatic carbocycles. The topological polar surface area (TPSA) is 99.1 Å². The van der Waals surface area contributed by atoms with Crippen LogP contribution in [-0.2, 0) is 9.53 Å². The summed E-state index contributed by atoms with van der Waals surface area (Å²) in [6.45, 7) is 5.44. The molecule has 0 fully saturated rings. The molecule has 0 heterocycles. The van der Waals surface area contributed by atoms with Crippen molar-refractivity contribution in [2.45, 2.75) is 33.1 Å². The molecule has 3 N–H and O–H groups in total. The molecular weight excluding hydrogens is 276 g/mol. The van der Waals surface area contributed by atoms with Crippen molar-refractivity contribution >= 4 is 12.0 Å². The summed E-state index contributed by atoms with van der Waals surface area (Å²) in [5.74, 6) is -0.805. The van der Waals surface area contributed by atoms with Crippen LogP contribution in [-0.4, -0.2) is 67.1 Å². The van der Waals surface area contributed by atoms with Gasteiger partial charge in [0.05, 0.1) is 13.2 Å². The zero-order valence-electron chi connectivity index (χ0n) is 13.2. The van der Waals surface area contributed by atoms with Crippen LogP contribution in [0.5, 0.6) is 0 Å². The number of nitrogens with zero attached hydrogens (tertiary/aromatic N) is 1. The summed E-state index contributed by atoms with van der Waals surface area (Å²) in [5.41, 5.74) is -0.139. The molecule has 21 heavy (non-hydrogen) atoms. The summed E-state index contributed by atoms with van der Waals surface area (Å²) in [4.78, 5) is 24.0. The number of nitrogens with one attached hydrogen (secondary N) is 1. The van der Waals surface area contributed by atoms with E-state index < -0.39 is 5.97 Å². The molecule has 0 saturated heterocycles. The van der Waals surface area contributed by atoms with E-state index in [1.807, 2.05) is 13.8 Å². The normalized spacial score (nSPS) is 11.2. The van der Waals surface area contributed by atoms with Gasteiger partial charge in [-0.1, -0.05) is 13.8 Å². The zero-order valence-corrected chi connectivity index (χ0v) is 13.2. The molecule has 0 unspecified atom stereocenters. The first-order valence-corrected chi connectivity index (χ1v) is 7.17. The number of hydrogen-bond acceptors (Lipinski definition) is 4. The number of ether oxygens (including phenoxy) is 1. The fraction of sp³-hybridized carbons (Fsp3) is 0.857. The van der Waals surface area contributed by atoms with Gasteiger partial charge < -0.3 is 25.2 Å². The number of hydrogen-bond donors (Lipinski definition) is 3. The number of urea groups is 1. The van der Waals surface area contributed by atoms with Crippen LogP contribution in [0.4, 0.5) is 4.79 Å². The van der Waals surface area contributed by atoms with Crippen LogP contribution in [0.15, 0.2) is 0 Å². The number of methoxy groups -OCH3 is 1. The quantitative estimate of drug-likeness (QED) is 0.527. The summed E-state index contributed by atoms with van der Waals surface area (Å²) in [7, 11) is 1.56. The van der Waals surface area contributed by atoms with Crippen LogP contribution in [0, 0.1) is 5.41 Å². The summed E-state index contributed by atoms with van der Waals surface area (Å²) < 4.78 is 4.92. The Morgan fingerprint density at radius 3 is 2.43 bits per heavy atom. The molecule has 0 aromatic rings. The molecule has 0 spiro atoms. The molecule has 0 radical (unpaired) electrons. The van der Waals surface area contributed by atoms with Crippen LogP contribution in [0.1, 0.15) is 33.1 Å². The van der Waals surface area contributed by atoms with Crippen LogP contribution in [0.3, 0.4) is 0 Å². The Hall–Kier alpha value is -1.34. The first kappa shape index (κ1) is 19.7. The maximum atomic E-state index is 11.9. The van der Waals surface area contributed by atoms with Crippen molar-refractivity contribution < 1.29 is 24.5 Å². The fourth-order valence-electron chi connectivity index (χ4n) is 1.83. The third-order valence-corrected chi connectivity index (χ3v) is 3.32. The Morgan fingerprint density at radius 2 is 1.90 bits per heavy atom. The SMILES string of the molecule is COCCN(CCO)C(=O)NCCC(C)(C)CCC(=O)O. The highest BCUT2D eigenvalue weighted by molar-refractivity contribution is 5.74. The number of amides is 2. The molecular formula is C14H28N2O5. The Bertz CT molecular complexity index is 320. The van der Waals surface area contributed by atoms with Crippen molar-refractivity contribution in [2.75, 3.05) is 40.0 Å². The molecule has 0 atom stereocenters. The molecule has 0 aromatic carbocycles. The van der Waals surface area contributed by atoms with Gasteiger partial charge in [0.25, 0.3) is 0 Å². The Kier molecular flexibility index (Phi) is 9.73. The molecule has 2 amide bonds. The monoisotopic (exact) mass is 304 g/mol. The molecule has 0 saturated carbocycles. The minimum atomic E-state index is -0.805. The number of carboxylic acid groups (broad SMARTS) is 1. The molecule has 0 rings (SSSR count). The molecule has 0 aromatic heterocycles. The average molecular weight is 304 g/mol. The van der Waals surface area contributed by atoms with E-state index in [4.69, 9.17) is 14.9 Å². The van der Waals surface area contributed by atoms with Crippen molar-refractivity contribution in [3.63, 3.8) is 0 Å². The van der Waals surface area contributed by atoms with E-state index in [1.165, 1.54) is 4.90 Å². The highest BCUT2D eigenvalue weighted by Crippen LogP contribution is 2.25. The minimum absolute atomic E-state index is 0.0960. The number of carbonyl (C=O) groups is 2. The molecule has 124 valence electrons. The highest BCUT2D eigenvalue weighted by Gasteiger charge is 2.20. The Balaban J connectivity index is 4.11. The van der Waals surface area contributed by atoms with Gasteiger partial charge >= 0.3 is 12.0 Å². The average Bonchev–Trinajstić information content (AvgIpc) is 2.41. The fourth-order valence-corrected chi connectivity index (χ4v) is 1.83. The van der Waals surface area contributed by atoms with Gasteiger partial charge in [-0.05, 0) is 18.3 Å². The van der Waals surface area contributed by atoms with Crippen LogP contribution < -0.4 is 5.32 Å². The van der Waals surface area contributed by atoms with Crippen LogP contribution in [0.25, 0.3) is 0 Å². The van der Waals surface area contributed by atoms with Crippen molar-refractivity contribution in [1.82, 2.24) is 10.2 Å². The second-order valence-corrected chi connectivity index (χ2v) is 5.74. The molecule has 0 aliphatic rings. The molecule has 0 aliphatic heterocycles.